The lowest BCUT2D eigenvalue weighted by molar-refractivity contribution is 0.0944. The Morgan fingerprint density at radius 2 is 2.03 bits per heavy atom. The minimum absolute atomic E-state index is 0.00470. The number of carbonyl (C=O) groups is 2. The molecule has 0 atom stereocenters. The molecular formula is C22H24ClFN4O4. The second-order valence-corrected chi connectivity index (χ2v) is 7.84. The first-order chi connectivity index (χ1) is 15.3. The number of hydrogen-bond acceptors (Lipinski definition) is 5. The van der Waals surface area contributed by atoms with Crippen LogP contribution in [0.4, 0.5) is 10.1 Å². The van der Waals surface area contributed by atoms with Gasteiger partial charge in [0.2, 0.25) is 0 Å². The molecule has 1 aromatic carbocycles. The molecule has 2 amide bonds. The molecule has 0 aliphatic carbocycles. The quantitative estimate of drug-likeness (QED) is 0.487. The molecule has 10 heteroatoms. The Kier molecular flexibility index (Phi) is 7.53. The number of nitrogens with one attached hydrogen (secondary N) is 2. The molecule has 0 bridgehead atoms. The van der Waals surface area contributed by atoms with Gasteiger partial charge in [0.25, 0.3) is 11.8 Å². The second-order valence-electron chi connectivity index (χ2n) is 7.43. The van der Waals surface area contributed by atoms with Gasteiger partial charge in [0.15, 0.2) is 11.5 Å². The smallest absolute Gasteiger partial charge is 0.291 e. The van der Waals surface area contributed by atoms with Crippen LogP contribution in [0.3, 0.4) is 0 Å². The lowest BCUT2D eigenvalue weighted by atomic mass is 10.2. The van der Waals surface area contributed by atoms with Gasteiger partial charge in [-0.05, 0) is 43.2 Å². The summed E-state index contributed by atoms with van der Waals surface area (Å²) in [6, 6.07) is 6.85. The second kappa shape index (κ2) is 10.3. The lowest BCUT2D eigenvalue weighted by Gasteiger charge is -2.08. The third kappa shape index (κ3) is 5.88. The minimum Gasteiger partial charge on any atom is -0.484 e. The summed E-state index contributed by atoms with van der Waals surface area (Å²) in [5.41, 5.74) is 0.410. The standard InChI is InChI=1S/C22H24ClFN4O4/c1-4-28-11-17(20(27-28)22(30)25-10-13(2)3)26-21(29)19-8-6-15(32-19)12-31-18-7-5-14(24)9-16(18)23/h5-9,11,13H,4,10,12H2,1-3H3,(H,25,30)(H,26,29). The molecule has 170 valence electrons. The molecule has 0 saturated heterocycles. The van der Waals surface area contributed by atoms with Gasteiger partial charge >= 0.3 is 0 Å². The maximum Gasteiger partial charge on any atom is 0.291 e. The molecule has 8 nitrogen and oxygen atoms in total. The van der Waals surface area contributed by atoms with Crippen LogP contribution < -0.4 is 15.4 Å². The number of hydrogen-bond donors (Lipinski definition) is 2. The predicted octanol–water partition coefficient (Wildman–Crippen LogP) is 4.51. The fourth-order valence-corrected chi connectivity index (χ4v) is 2.95. The van der Waals surface area contributed by atoms with Gasteiger partial charge in [0, 0.05) is 19.3 Å². The molecule has 0 unspecified atom stereocenters. The number of ether oxygens (including phenoxy) is 1. The van der Waals surface area contributed by atoms with E-state index in [0.717, 1.165) is 6.07 Å². The highest BCUT2D eigenvalue weighted by Crippen LogP contribution is 2.26. The molecule has 2 aromatic heterocycles. The molecule has 3 rings (SSSR count). The van der Waals surface area contributed by atoms with Gasteiger partial charge in [-0.3, -0.25) is 14.3 Å². The average Bonchev–Trinajstić information content (AvgIpc) is 3.38. The minimum atomic E-state index is -0.537. The van der Waals surface area contributed by atoms with Gasteiger partial charge in [-0.25, -0.2) is 4.39 Å². The van der Waals surface area contributed by atoms with E-state index in [0.29, 0.717) is 24.6 Å². The van der Waals surface area contributed by atoms with Crippen molar-refractivity contribution in [2.24, 2.45) is 5.92 Å². The normalized spacial score (nSPS) is 10.9. The van der Waals surface area contributed by atoms with E-state index in [9.17, 15) is 14.0 Å². The number of aryl methyl sites for hydroxylation is 1. The number of benzene rings is 1. The Morgan fingerprint density at radius 3 is 2.72 bits per heavy atom. The van der Waals surface area contributed by atoms with Crippen molar-refractivity contribution < 1.29 is 23.1 Å². The number of amides is 2. The fraction of sp³-hybridized carbons (Fsp3) is 0.318. The number of aromatic nitrogens is 2. The number of nitrogens with zero attached hydrogens (tertiary/aromatic N) is 2. The predicted molar refractivity (Wildman–Crippen MR) is 117 cm³/mol. The van der Waals surface area contributed by atoms with Crippen molar-refractivity contribution in [2.75, 3.05) is 11.9 Å². The van der Waals surface area contributed by atoms with Crippen LogP contribution in [-0.4, -0.2) is 28.1 Å². The average molecular weight is 463 g/mol. The summed E-state index contributed by atoms with van der Waals surface area (Å²) in [6.07, 6.45) is 1.59. The zero-order valence-electron chi connectivity index (χ0n) is 17.9. The van der Waals surface area contributed by atoms with E-state index in [4.69, 9.17) is 20.8 Å². The van der Waals surface area contributed by atoms with E-state index in [1.807, 2.05) is 20.8 Å². The molecule has 2 heterocycles. The molecule has 32 heavy (non-hydrogen) atoms. The van der Waals surface area contributed by atoms with Gasteiger partial charge < -0.3 is 19.8 Å². The monoisotopic (exact) mass is 462 g/mol. The van der Waals surface area contributed by atoms with E-state index in [1.165, 1.54) is 18.2 Å². The van der Waals surface area contributed by atoms with Crippen LogP contribution in [0.1, 0.15) is 47.6 Å². The lowest BCUT2D eigenvalue weighted by Crippen LogP contribution is -2.28. The van der Waals surface area contributed by atoms with Crippen LogP contribution in [0, 0.1) is 11.7 Å². The van der Waals surface area contributed by atoms with E-state index >= 15 is 0 Å². The van der Waals surface area contributed by atoms with Crippen LogP contribution in [0.25, 0.3) is 0 Å². The number of rotatable bonds is 9. The molecule has 0 fully saturated rings. The summed E-state index contributed by atoms with van der Waals surface area (Å²) in [6.45, 7) is 6.86. The zero-order chi connectivity index (χ0) is 23.3. The fourth-order valence-electron chi connectivity index (χ4n) is 2.73. The Morgan fingerprint density at radius 1 is 1.25 bits per heavy atom. The van der Waals surface area contributed by atoms with Crippen molar-refractivity contribution in [3.63, 3.8) is 0 Å². The summed E-state index contributed by atoms with van der Waals surface area (Å²) < 4.78 is 25.7. The first-order valence-electron chi connectivity index (χ1n) is 10.1. The number of carbonyl (C=O) groups excluding carboxylic acids is 2. The molecular weight excluding hydrogens is 439 g/mol. The van der Waals surface area contributed by atoms with Crippen molar-refractivity contribution in [3.8, 4) is 5.75 Å². The van der Waals surface area contributed by atoms with Crippen molar-refractivity contribution in [1.29, 1.82) is 0 Å². The first-order valence-corrected chi connectivity index (χ1v) is 10.5. The van der Waals surface area contributed by atoms with E-state index in [2.05, 4.69) is 15.7 Å². The van der Waals surface area contributed by atoms with Gasteiger partial charge in [-0.15, -0.1) is 0 Å². The number of halogens is 2. The maximum absolute atomic E-state index is 13.1. The third-order valence-corrected chi connectivity index (χ3v) is 4.66. The molecule has 0 saturated carbocycles. The summed E-state index contributed by atoms with van der Waals surface area (Å²) in [7, 11) is 0. The van der Waals surface area contributed by atoms with Crippen molar-refractivity contribution in [3.05, 3.63) is 64.6 Å². The Labute approximate surface area is 189 Å². The highest BCUT2D eigenvalue weighted by molar-refractivity contribution is 6.32. The largest absolute Gasteiger partial charge is 0.484 e. The Bertz CT molecular complexity index is 1110. The summed E-state index contributed by atoms with van der Waals surface area (Å²) >= 11 is 5.94. The molecule has 0 spiro atoms. The first kappa shape index (κ1) is 23.3. The summed E-state index contributed by atoms with van der Waals surface area (Å²) in [5, 5.41) is 9.83. The van der Waals surface area contributed by atoms with Gasteiger partial charge in [0.05, 0.1) is 10.7 Å². The maximum atomic E-state index is 13.1. The topological polar surface area (TPSA) is 98.4 Å². The van der Waals surface area contributed by atoms with Crippen molar-refractivity contribution in [2.45, 2.75) is 33.9 Å². The van der Waals surface area contributed by atoms with E-state index in [1.54, 1.807) is 16.9 Å². The molecule has 2 N–H and O–H groups in total. The molecule has 0 radical (unpaired) electrons. The third-order valence-electron chi connectivity index (χ3n) is 4.37. The molecule has 0 aliphatic heterocycles. The van der Waals surface area contributed by atoms with Crippen LogP contribution in [0.15, 0.2) is 40.9 Å². The SMILES string of the molecule is CCn1cc(NC(=O)c2ccc(COc3ccc(F)cc3Cl)o2)c(C(=O)NCC(C)C)n1. The van der Waals surface area contributed by atoms with Gasteiger partial charge in [0.1, 0.15) is 23.9 Å². The summed E-state index contributed by atoms with van der Waals surface area (Å²) in [4.78, 5) is 25.1. The molecule has 0 aliphatic rings. The highest BCUT2D eigenvalue weighted by Gasteiger charge is 2.21. The number of anilines is 1. The van der Waals surface area contributed by atoms with Crippen LogP contribution in [0.2, 0.25) is 5.02 Å². The Hall–Kier alpha value is -3.33. The van der Waals surface area contributed by atoms with E-state index < -0.39 is 11.7 Å². The van der Waals surface area contributed by atoms with Crippen LogP contribution >= 0.6 is 11.6 Å². The Balaban J connectivity index is 1.67. The molecule has 3 aromatic rings. The van der Waals surface area contributed by atoms with Gasteiger partial charge in [-0.1, -0.05) is 25.4 Å². The zero-order valence-corrected chi connectivity index (χ0v) is 18.7. The summed E-state index contributed by atoms with van der Waals surface area (Å²) in [5.74, 6) is -0.405. The van der Waals surface area contributed by atoms with Crippen LogP contribution in [-0.2, 0) is 13.2 Å². The van der Waals surface area contributed by atoms with Gasteiger partial charge in [-0.2, -0.15) is 5.10 Å². The number of furan rings is 1. The van der Waals surface area contributed by atoms with Crippen LogP contribution in [0.5, 0.6) is 5.75 Å². The van der Waals surface area contributed by atoms with E-state index in [-0.39, 0.29) is 40.6 Å². The highest BCUT2D eigenvalue weighted by atomic mass is 35.5. The van der Waals surface area contributed by atoms with Crippen molar-refractivity contribution in [1.82, 2.24) is 15.1 Å². The van der Waals surface area contributed by atoms with Crippen molar-refractivity contribution >= 4 is 29.1 Å².